The van der Waals surface area contributed by atoms with Gasteiger partial charge in [-0.15, -0.1) is 0 Å². The predicted octanol–water partition coefficient (Wildman–Crippen LogP) is 1.85. The van der Waals surface area contributed by atoms with E-state index in [1.165, 1.54) is 13.2 Å². The van der Waals surface area contributed by atoms with Crippen molar-refractivity contribution in [1.29, 1.82) is 0 Å². The number of carbonyl (C=O) groups is 1. The van der Waals surface area contributed by atoms with Gasteiger partial charge in [0.15, 0.2) is 6.10 Å². The van der Waals surface area contributed by atoms with Crippen LogP contribution in [0.25, 0.3) is 0 Å². The maximum absolute atomic E-state index is 13.8. The second-order valence-electron chi connectivity index (χ2n) is 4.33. The van der Waals surface area contributed by atoms with Gasteiger partial charge in [-0.25, -0.2) is 9.18 Å². The lowest BCUT2D eigenvalue weighted by Crippen LogP contribution is -2.46. The van der Waals surface area contributed by atoms with E-state index in [1.807, 2.05) is 4.90 Å². The van der Waals surface area contributed by atoms with Gasteiger partial charge in [0.25, 0.3) is 0 Å². The summed E-state index contributed by atoms with van der Waals surface area (Å²) in [5.41, 5.74) is 0.512. The Hall–Kier alpha value is -1.17. The summed E-state index contributed by atoms with van der Waals surface area (Å²) in [5.74, 6) is -0.818. The van der Waals surface area contributed by atoms with Crippen molar-refractivity contribution < 1.29 is 18.7 Å². The van der Waals surface area contributed by atoms with Crippen LogP contribution in [0.2, 0.25) is 5.02 Å². The number of ether oxygens (including phenoxy) is 2. The van der Waals surface area contributed by atoms with Crippen molar-refractivity contribution in [2.24, 2.45) is 0 Å². The molecule has 0 radical (unpaired) electrons. The lowest BCUT2D eigenvalue weighted by atomic mass is 10.1. The summed E-state index contributed by atoms with van der Waals surface area (Å²) in [6.45, 7) is 1.84. The lowest BCUT2D eigenvalue weighted by molar-refractivity contribution is -0.160. The Kier molecular flexibility index (Phi) is 4.74. The van der Waals surface area contributed by atoms with Crippen LogP contribution >= 0.6 is 11.6 Å². The van der Waals surface area contributed by atoms with Crippen LogP contribution in [-0.4, -0.2) is 43.8 Å². The van der Waals surface area contributed by atoms with Crippen molar-refractivity contribution in [1.82, 2.24) is 4.90 Å². The highest BCUT2D eigenvalue weighted by Crippen LogP contribution is 2.20. The van der Waals surface area contributed by atoms with Crippen LogP contribution in [0.4, 0.5) is 4.39 Å². The van der Waals surface area contributed by atoms with Crippen LogP contribution in [-0.2, 0) is 20.8 Å². The number of carbonyl (C=O) groups excluding carboxylic acids is 1. The van der Waals surface area contributed by atoms with Crippen molar-refractivity contribution in [3.63, 3.8) is 0 Å². The third kappa shape index (κ3) is 3.43. The first-order chi connectivity index (χ1) is 9.11. The van der Waals surface area contributed by atoms with E-state index in [4.69, 9.17) is 16.3 Å². The third-order valence-electron chi connectivity index (χ3n) is 3.04. The van der Waals surface area contributed by atoms with Crippen LogP contribution in [0.1, 0.15) is 5.56 Å². The Balaban J connectivity index is 2.03. The summed E-state index contributed by atoms with van der Waals surface area (Å²) in [5, 5.41) is 0.107. The highest BCUT2D eigenvalue weighted by Gasteiger charge is 2.27. The maximum Gasteiger partial charge on any atom is 0.336 e. The highest BCUT2D eigenvalue weighted by molar-refractivity contribution is 6.30. The first-order valence-electron chi connectivity index (χ1n) is 5.96. The quantitative estimate of drug-likeness (QED) is 0.796. The maximum atomic E-state index is 13.8. The Morgan fingerprint density at radius 1 is 1.63 bits per heavy atom. The van der Waals surface area contributed by atoms with E-state index in [0.29, 0.717) is 31.8 Å². The van der Waals surface area contributed by atoms with Crippen LogP contribution in [0.15, 0.2) is 18.2 Å². The summed E-state index contributed by atoms with van der Waals surface area (Å²) in [6.07, 6.45) is -0.610. The minimum absolute atomic E-state index is 0.107. The summed E-state index contributed by atoms with van der Waals surface area (Å²) in [7, 11) is 1.32. The largest absolute Gasteiger partial charge is 0.467 e. The van der Waals surface area contributed by atoms with E-state index in [-0.39, 0.29) is 5.02 Å². The fourth-order valence-corrected chi connectivity index (χ4v) is 2.23. The van der Waals surface area contributed by atoms with E-state index in [2.05, 4.69) is 4.74 Å². The minimum atomic E-state index is -0.610. The molecule has 6 heteroatoms. The average molecular weight is 288 g/mol. The van der Waals surface area contributed by atoms with Crippen LogP contribution in [0.5, 0.6) is 0 Å². The highest BCUT2D eigenvalue weighted by atomic mass is 35.5. The van der Waals surface area contributed by atoms with Crippen LogP contribution < -0.4 is 0 Å². The number of methoxy groups -OCH3 is 1. The van der Waals surface area contributed by atoms with Gasteiger partial charge < -0.3 is 9.47 Å². The molecule has 1 aliphatic rings. The number of nitrogens with zero attached hydrogens (tertiary/aromatic N) is 1. The molecule has 0 amide bonds. The number of benzene rings is 1. The molecule has 4 nitrogen and oxygen atoms in total. The number of hydrogen-bond acceptors (Lipinski definition) is 4. The molecule has 0 N–H and O–H groups in total. The molecule has 1 fully saturated rings. The average Bonchev–Trinajstić information content (AvgIpc) is 2.43. The van der Waals surface area contributed by atoms with E-state index >= 15 is 0 Å². The molecule has 0 spiro atoms. The Labute approximate surface area is 116 Å². The molecule has 2 rings (SSSR count). The van der Waals surface area contributed by atoms with Gasteiger partial charge in [-0.2, -0.15) is 0 Å². The summed E-state index contributed by atoms with van der Waals surface area (Å²) in [6, 6.07) is 4.90. The summed E-state index contributed by atoms with van der Waals surface area (Å²) in [4.78, 5) is 13.4. The topological polar surface area (TPSA) is 38.8 Å². The zero-order valence-electron chi connectivity index (χ0n) is 10.6. The van der Waals surface area contributed by atoms with Gasteiger partial charge >= 0.3 is 5.97 Å². The zero-order valence-corrected chi connectivity index (χ0v) is 11.3. The van der Waals surface area contributed by atoms with Crippen molar-refractivity contribution in [2.45, 2.75) is 12.6 Å². The number of hydrogen-bond donors (Lipinski definition) is 0. The van der Waals surface area contributed by atoms with Gasteiger partial charge in [-0.05, 0) is 6.07 Å². The molecule has 0 aliphatic carbocycles. The Morgan fingerprint density at radius 3 is 3.16 bits per heavy atom. The number of morpholine rings is 1. The summed E-state index contributed by atoms with van der Waals surface area (Å²) >= 11 is 5.74. The van der Waals surface area contributed by atoms with Crippen molar-refractivity contribution in [2.75, 3.05) is 26.8 Å². The predicted molar refractivity (Wildman–Crippen MR) is 68.4 cm³/mol. The smallest absolute Gasteiger partial charge is 0.336 e. The molecule has 0 aromatic heterocycles. The van der Waals surface area contributed by atoms with E-state index in [0.717, 1.165) is 0 Å². The van der Waals surface area contributed by atoms with Crippen molar-refractivity contribution in [3.8, 4) is 0 Å². The van der Waals surface area contributed by atoms with Gasteiger partial charge in [0.2, 0.25) is 0 Å². The second-order valence-corrected chi connectivity index (χ2v) is 4.74. The molecule has 104 valence electrons. The number of rotatable bonds is 3. The van der Waals surface area contributed by atoms with E-state index in [1.54, 1.807) is 12.1 Å². The number of halogens is 2. The van der Waals surface area contributed by atoms with Gasteiger partial charge in [0.05, 0.1) is 18.7 Å². The zero-order chi connectivity index (χ0) is 13.8. The molecular formula is C13H15ClFNO3. The molecule has 0 saturated carbocycles. The van der Waals surface area contributed by atoms with E-state index in [9.17, 15) is 9.18 Å². The van der Waals surface area contributed by atoms with Gasteiger partial charge in [-0.3, -0.25) is 4.90 Å². The number of esters is 1. The first kappa shape index (κ1) is 14.2. The molecular weight excluding hydrogens is 273 g/mol. The van der Waals surface area contributed by atoms with Gasteiger partial charge in [0, 0.05) is 25.2 Å². The molecule has 19 heavy (non-hydrogen) atoms. The van der Waals surface area contributed by atoms with Crippen molar-refractivity contribution >= 4 is 17.6 Å². The SMILES string of the molecule is COC(=O)C1CN(Cc2cccc(Cl)c2F)CCO1. The molecule has 1 atom stereocenters. The van der Waals surface area contributed by atoms with Crippen molar-refractivity contribution in [3.05, 3.63) is 34.6 Å². The molecule has 1 aliphatic heterocycles. The standard InChI is InChI=1S/C13H15ClFNO3/c1-18-13(17)11-8-16(5-6-19-11)7-9-3-2-4-10(14)12(9)15/h2-4,11H,5-8H2,1H3. The minimum Gasteiger partial charge on any atom is -0.467 e. The molecule has 1 heterocycles. The fourth-order valence-electron chi connectivity index (χ4n) is 2.03. The third-order valence-corrected chi connectivity index (χ3v) is 3.33. The fraction of sp³-hybridized carbons (Fsp3) is 0.462. The normalized spacial score (nSPS) is 20.3. The monoisotopic (exact) mass is 287 g/mol. The Bertz CT molecular complexity index is 469. The van der Waals surface area contributed by atoms with Crippen LogP contribution in [0, 0.1) is 5.82 Å². The lowest BCUT2D eigenvalue weighted by Gasteiger charge is -2.31. The van der Waals surface area contributed by atoms with Gasteiger partial charge in [0.1, 0.15) is 5.82 Å². The van der Waals surface area contributed by atoms with Crippen LogP contribution in [0.3, 0.4) is 0 Å². The second kappa shape index (κ2) is 6.32. The molecule has 1 saturated heterocycles. The molecule has 0 bridgehead atoms. The van der Waals surface area contributed by atoms with Gasteiger partial charge in [-0.1, -0.05) is 23.7 Å². The van der Waals surface area contributed by atoms with E-state index < -0.39 is 17.9 Å². The summed E-state index contributed by atoms with van der Waals surface area (Å²) < 4.78 is 23.8. The molecule has 1 aromatic rings. The molecule has 1 unspecified atom stereocenters. The first-order valence-corrected chi connectivity index (χ1v) is 6.34. The Morgan fingerprint density at radius 2 is 2.42 bits per heavy atom. The molecule has 1 aromatic carbocycles.